The zero-order valence-corrected chi connectivity index (χ0v) is 16.1. The summed E-state index contributed by atoms with van der Waals surface area (Å²) >= 11 is 0. The first-order valence-corrected chi connectivity index (χ1v) is 8.92. The number of nitrogens with zero attached hydrogens (tertiary/aromatic N) is 5. The standard InChI is InChI=1S/C19H23N7O2/c1-12-9-22-18(23-16(21-3)4-6-20)24-17(12)14-8-15-5-7-25(13(2)11-27)19(28)26(15)10-14/h4,6,8-11,13H,5,7,20H2,1-3H3,(H,21,22,23,24). The number of aryl methyl sites for hydroxylation is 1. The molecular weight excluding hydrogens is 358 g/mol. The molecule has 0 bridgehead atoms. The van der Waals surface area contributed by atoms with E-state index in [2.05, 4.69) is 20.3 Å². The Bertz CT molecular complexity index is 961. The number of amidine groups is 1. The van der Waals surface area contributed by atoms with Crippen molar-refractivity contribution in [2.24, 2.45) is 10.7 Å². The van der Waals surface area contributed by atoms with Crippen molar-refractivity contribution in [3.05, 3.63) is 42.0 Å². The maximum atomic E-state index is 12.7. The number of rotatable bonds is 5. The largest absolute Gasteiger partial charge is 0.404 e. The molecular formula is C19H23N7O2. The van der Waals surface area contributed by atoms with Crippen LogP contribution in [-0.4, -0.2) is 57.2 Å². The molecule has 1 aliphatic heterocycles. The van der Waals surface area contributed by atoms with Crippen molar-refractivity contribution in [2.75, 3.05) is 18.9 Å². The summed E-state index contributed by atoms with van der Waals surface area (Å²) in [7, 11) is 1.64. The molecule has 0 aromatic carbocycles. The number of anilines is 1. The lowest BCUT2D eigenvalue weighted by Crippen LogP contribution is -2.46. The van der Waals surface area contributed by atoms with Crippen LogP contribution in [0.25, 0.3) is 11.3 Å². The quantitative estimate of drug-likeness (QED) is 0.461. The first kappa shape index (κ1) is 19.3. The molecule has 3 heterocycles. The second-order valence-electron chi connectivity index (χ2n) is 6.51. The van der Waals surface area contributed by atoms with Crippen LogP contribution in [0.2, 0.25) is 0 Å². The van der Waals surface area contributed by atoms with E-state index in [9.17, 15) is 9.59 Å². The van der Waals surface area contributed by atoms with E-state index in [4.69, 9.17) is 5.73 Å². The van der Waals surface area contributed by atoms with Crippen LogP contribution in [0.4, 0.5) is 10.7 Å². The predicted molar refractivity (Wildman–Crippen MR) is 107 cm³/mol. The molecule has 1 atom stereocenters. The molecule has 0 aliphatic carbocycles. The van der Waals surface area contributed by atoms with Crippen LogP contribution in [0.3, 0.4) is 0 Å². The SMILES string of the molecule is CN=C(C=CN)Nc1ncc(C)c(-c2cc3n(c2)C(=O)N(C(C)C=O)CC3)n1. The Labute approximate surface area is 163 Å². The third kappa shape index (κ3) is 3.64. The summed E-state index contributed by atoms with van der Waals surface area (Å²) in [6.07, 6.45) is 7.92. The molecule has 9 nitrogen and oxygen atoms in total. The Morgan fingerprint density at radius 1 is 1.46 bits per heavy atom. The summed E-state index contributed by atoms with van der Waals surface area (Å²) in [6, 6.07) is 1.30. The number of aliphatic imine (C=N–C) groups is 1. The van der Waals surface area contributed by atoms with Crippen molar-refractivity contribution in [3.63, 3.8) is 0 Å². The fraction of sp³-hybridized carbons (Fsp3) is 0.316. The number of hydrogen-bond donors (Lipinski definition) is 2. The van der Waals surface area contributed by atoms with Crippen LogP contribution < -0.4 is 11.1 Å². The van der Waals surface area contributed by atoms with Crippen molar-refractivity contribution < 1.29 is 9.59 Å². The van der Waals surface area contributed by atoms with E-state index in [0.717, 1.165) is 28.8 Å². The van der Waals surface area contributed by atoms with Gasteiger partial charge in [-0.3, -0.25) is 9.56 Å². The molecule has 1 amide bonds. The normalized spacial score (nSPS) is 15.6. The lowest BCUT2D eigenvalue weighted by molar-refractivity contribution is -0.111. The first-order valence-electron chi connectivity index (χ1n) is 8.92. The van der Waals surface area contributed by atoms with Gasteiger partial charge in [0.05, 0.1) is 11.7 Å². The summed E-state index contributed by atoms with van der Waals surface area (Å²) in [5.74, 6) is 0.910. The first-order chi connectivity index (χ1) is 13.5. The van der Waals surface area contributed by atoms with E-state index in [-0.39, 0.29) is 6.03 Å². The second-order valence-corrected chi connectivity index (χ2v) is 6.51. The molecule has 2 aromatic heterocycles. The zero-order valence-electron chi connectivity index (χ0n) is 16.1. The molecule has 1 unspecified atom stereocenters. The van der Waals surface area contributed by atoms with Gasteiger partial charge in [0.2, 0.25) is 5.95 Å². The van der Waals surface area contributed by atoms with Gasteiger partial charge < -0.3 is 20.7 Å². The summed E-state index contributed by atoms with van der Waals surface area (Å²) < 4.78 is 1.59. The number of aromatic nitrogens is 3. The Morgan fingerprint density at radius 2 is 2.25 bits per heavy atom. The maximum Gasteiger partial charge on any atom is 0.328 e. The highest BCUT2D eigenvalue weighted by molar-refractivity contribution is 6.02. The molecule has 0 spiro atoms. The van der Waals surface area contributed by atoms with Crippen molar-refractivity contribution >= 4 is 24.1 Å². The van der Waals surface area contributed by atoms with E-state index < -0.39 is 6.04 Å². The number of hydrogen-bond acceptors (Lipinski definition) is 6. The third-order valence-corrected chi connectivity index (χ3v) is 4.63. The summed E-state index contributed by atoms with van der Waals surface area (Å²) in [5, 5.41) is 3.01. The van der Waals surface area contributed by atoms with Gasteiger partial charge in [0.25, 0.3) is 0 Å². The number of aldehydes is 1. The second kappa shape index (κ2) is 8.03. The van der Waals surface area contributed by atoms with Gasteiger partial charge in [0, 0.05) is 43.7 Å². The van der Waals surface area contributed by atoms with Gasteiger partial charge in [-0.1, -0.05) is 0 Å². The average Bonchev–Trinajstić information content (AvgIpc) is 3.13. The fourth-order valence-corrected chi connectivity index (χ4v) is 3.10. The van der Waals surface area contributed by atoms with Gasteiger partial charge in [-0.05, 0) is 37.8 Å². The topological polar surface area (TPSA) is 118 Å². The molecule has 3 rings (SSSR count). The van der Waals surface area contributed by atoms with Gasteiger partial charge in [-0.25, -0.2) is 14.8 Å². The van der Waals surface area contributed by atoms with Gasteiger partial charge >= 0.3 is 6.03 Å². The Kier molecular flexibility index (Phi) is 5.53. The number of carbonyl (C=O) groups is 2. The monoisotopic (exact) mass is 381 g/mol. The highest BCUT2D eigenvalue weighted by Gasteiger charge is 2.28. The fourth-order valence-electron chi connectivity index (χ4n) is 3.10. The smallest absolute Gasteiger partial charge is 0.328 e. The van der Waals surface area contributed by atoms with E-state index in [1.807, 2.05) is 13.0 Å². The summed E-state index contributed by atoms with van der Waals surface area (Å²) in [5.41, 5.74) is 8.72. The molecule has 3 N–H and O–H groups in total. The van der Waals surface area contributed by atoms with Crippen LogP contribution in [0.5, 0.6) is 0 Å². The summed E-state index contributed by atoms with van der Waals surface area (Å²) in [4.78, 5) is 38.3. The molecule has 146 valence electrons. The molecule has 28 heavy (non-hydrogen) atoms. The van der Waals surface area contributed by atoms with Gasteiger partial charge in [-0.2, -0.15) is 0 Å². The molecule has 0 fully saturated rings. The molecule has 2 aromatic rings. The number of amides is 1. The Morgan fingerprint density at radius 3 is 2.93 bits per heavy atom. The highest BCUT2D eigenvalue weighted by Crippen LogP contribution is 2.27. The Balaban J connectivity index is 1.94. The zero-order chi connectivity index (χ0) is 20.3. The maximum absolute atomic E-state index is 12.7. The minimum absolute atomic E-state index is 0.203. The lowest BCUT2D eigenvalue weighted by atomic mass is 10.1. The number of nitrogens with two attached hydrogens (primary N) is 1. The molecule has 0 saturated carbocycles. The summed E-state index contributed by atoms with van der Waals surface area (Å²) in [6.45, 7) is 4.14. The van der Waals surface area contributed by atoms with Gasteiger partial charge in [-0.15, -0.1) is 0 Å². The van der Waals surface area contributed by atoms with Crippen molar-refractivity contribution in [1.82, 2.24) is 19.4 Å². The van der Waals surface area contributed by atoms with Crippen LogP contribution >= 0.6 is 0 Å². The van der Waals surface area contributed by atoms with Crippen molar-refractivity contribution in [1.29, 1.82) is 0 Å². The molecule has 1 aliphatic rings. The van der Waals surface area contributed by atoms with Crippen LogP contribution in [0.15, 0.2) is 35.7 Å². The van der Waals surface area contributed by atoms with Gasteiger partial charge in [0.15, 0.2) is 0 Å². The molecule has 9 heteroatoms. The van der Waals surface area contributed by atoms with Crippen LogP contribution in [0, 0.1) is 6.92 Å². The molecule has 0 radical (unpaired) electrons. The minimum Gasteiger partial charge on any atom is -0.404 e. The minimum atomic E-state index is -0.453. The highest BCUT2D eigenvalue weighted by atomic mass is 16.2. The molecule has 0 saturated heterocycles. The van der Waals surface area contributed by atoms with E-state index in [0.29, 0.717) is 24.7 Å². The van der Waals surface area contributed by atoms with Gasteiger partial charge in [0.1, 0.15) is 12.1 Å². The lowest BCUT2D eigenvalue weighted by Gasteiger charge is -2.30. The number of nitrogens with one attached hydrogen (secondary N) is 1. The van der Waals surface area contributed by atoms with E-state index >= 15 is 0 Å². The Hall–Kier alpha value is -3.49. The third-order valence-electron chi connectivity index (χ3n) is 4.63. The average molecular weight is 381 g/mol. The number of carbonyl (C=O) groups excluding carboxylic acids is 2. The van der Waals surface area contributed by atoms with Crippen molar-refractivity contribution in [3.8, 4) is 11.3 Å². The van der Waals surface area contributed by atoms with Crippen molar-refractivity contribution in [2.45, 2.75) is 26.3 Å². The van der Waals surface area contributed by atoms with Crippen LogP contribution in [-0.2, 0) is 11.2 Å². The predicted octanol–water partition coefficient (Wildman–Crippen LogP) is 1.58. The number of fused-ring (bicyclic) bond motifs is 1. The van der Waals surface area contributed by atoms with E-state index in [1.54, 1.807) is 41.9 Å². The van der Waals surface area contributed by atoms with E-state index in [1.165, 1.54) is 6.20 Å². The van der Waals surface area contributed by atoms with Crippen LogP contribution in [0.1, 0.15) is 18.2 Å².